The molecule has 66 heavy (non-hydrogen) atoms. The van der Waals surface area contributed by atoms with Crippen molar-refractivity contribution in [1.29, 1.82) is 0 Å². The highest BCUT2D eigenvalue weighted by Crippen LogP contribution is 2.42. The van der Waals surface area contributed by atoms with Crippen molar-refractivity contribution in [2.24, 2.45) is 0 Å². The number of benzene rings is 4. The number of nitrogens with zero attached hydrogens (tertiary/aromatic N) is 2. The van der Waals surface area contributed by atoms with Gasteiger partial charge in [0.05, 0.1) is 39.7 Å². The predicted octanol–water partition coefficient (Wildman–Crippen LogP) is 12.5. The Morgan fingerprint density at radius 2 is 1.15 bits per heavy atom. The van der Waals surface area contributed by atoms with Crippen molar-refractivity contribution in [3.63, 3.8) is 0 Å². The van der Waals surface area contributed by atoms with Gasteiger partial charge in [0, 0.05) is 36.8 Å². The van der Waals surface area contributed by atoms with E-state index in [0.29, 0.717) is 39.8 Å². The fraction of sp³-hybridized carbons (Fsp3) is 0.296. The maximum Gasteiger partial charge on any atom is 0.416 e. The van der Waals surface area contributed by atoms with Gasteiger partial charge in [-0.1, -0.05) is 129 Å². The third-order valence-electron chi connectivity index (χ3n) is 12.7. The molecule has 12 heteroatoms. The number of hydrogen-bond donors (Lipinski definition) is 4. The number of hydrogen-bond acceptors (Lipinski definition) is 6. The summed E-state index contributed by atoms with van der Waals surface area (Å²) in [4.78, 5) is 9.52. The lowest BCUT2D eigenvalue weighted by molar-refractivity contribution is -0.138. The Kier molecular flexibility index (Phi) is 14.3. The Morgan fingerprint density at radius 3 is 1.65 bits per heavy atom. The summed E-state index contributed by atoms with van der Waals surface area (Å²) in [5, 5.41) is 13.9. The molecule has 0 aliphatic heterocycles. The Labute approximate surface area is 389 Å². The molecule has 1 aliphatic carbocycles. The largest absolute Gasteiger partial charge is 0.416 e. The van der Waals surface area contributed by atoms with E-state index in [1.807, 2.05) is 79.7 Å². The van der Waals surface area contributed by atoms with E-state index in [1.165, 1.54) is 26.0 Å². The minimum absolute atomic E-state index is 0.0387. The molecule has 0 amide bonds. The molecule has 6 nitrogen and oxygen atoms in total. The van der Waals surface area contributed by atoms with Crippen LogP contribution in [0.5, 0.6) is 0 Å². The molecule has 6 aromatic rings. The van der Waals surface area contributed by atoms with Gasteiger partial charge >= 0.3 is 6.18 Å². The number of nitrogens with one attached hydrogen (secondary N) is 4. The second-order valence-electron chi connectivity index (χ2n) is 17.6. The van der Waals surface area contributed by atoms with Gasteiger partial charge in [0.1, 0.15) is 11.1 Å². The zero-order valence-electron chi connectivity index (χ0n) is 37.7. The van der Waals surface area contributed by atoms with Crippen molar-refractivity contribution in [2.75, 3.05) is 0 Å². The van der Waals surface area contributed by atoms with Crippen LogP contribution in [0.1, 0.15) is 94.1 Å². The molecule has 2 aromatic heterocycles. The number of halogens is 6. The van der Waals surface area contributed by atoms with Gasteiger partial charge < -0.3 is 21.3 Å². The van der Waals surface area contributed by atoms with E-state index < -0.39 is 34.8 Å². The molecular formula is C54H56ClF5N6. The lowest BCUT2D eigenvalue weighted by Gasteiger charge is -2.39. The number of rotatable bonds is 18. The first-order chi connectivity index (χ1) is 31.4. The van der Waals surface area contributed by atoms with Crippen molar-refractivity contribution in [1.82, 2.24) is 31.2 Å². The molecule has 4 aromatic carbocycles. The average Bonchev–Trinajstić information content (AvgIpc) is 3.79. The zero-order valence-corrected chi connectivity index (χ0v) is 38.4. The van der Waals surface area contributed by atoms with Crippen molar-refractivity contribution in [3.05, 3.63) is 225 Å². The summed E-state index contributed by atoms with van der Waals surface area (Å²) in [6, 6.07) is 33.9. The normalized spacial score (nSPS) is 15.5. The topological polar surface area (TPSA) is 73.9 Å². The molecule has 7 rings (SSSR count). The molecule has 4 N–H and O–H groups in total. The molecule has 0 spiro atoms. The van der Waals surface area contributed by atoms with Gasteiger partial charge in [0.2, 0.25) is 0 Å². The molecule has 1 aliphatic rings. The van der Waals surface area contributed by atoms with Crippen LogP contribution in [-0.2, 0) is 36.0 Å². The smallest absolute Gasteiger partial charge is 0.370 e. The third-order valence-corrected chi connectivity index (χ3v) is 12.9. The quantitative estimate of drug-likeness (QED) is 0.0644. The van der Waals surface area contributed by atoms with Crippen LogP contribution in [0.2, 0.25) is 5.02 Å². The molecule has 344 valence electrons. The maximum atomic E-state index is 17.5. The second kappa shape index (κ2) is 19.7. The fourth-order valence-electron chi connectivity index (χ4n) is 9.12. The van der Waals surface area contributed by atoms with Crippen molar-refractivity contribution >= 4 is 11.6 Å². The van der Waals surface area contributed by atoms with E-state index >= 15 is 8.78 Å². The summed E-state index contributed by atoms with van der Waals surface area (Å²) >= 11 is 6.38. The van der Waals surface area contributed by atoms with E-state index in [1.54, 1.807) is 49.6 Å². The fourth-order valence-corrected chi connectivity index (χ4v) is 9.23. The van der Waals surface area contributed by atoms with Crippen LogP contribution in [0, 0.1) is 20.8 Å². The van der Waals surface area contributed by atoms with Gasteiger partial charge in [0.25, 0.3) is 5.92 Å². The van der Waals surface area contributed by atoms with Crippen LogP contribution >= 0.6 is 11.6 Å². The summed E-state index contributed by atoms with van der Waals surface area (Å²) in [7, 11) is 0. The van der Waals surface area contributed by atoms with E-state index in [4.69, 9.17) is 21.6 Å². The molecule has 1 unspecified atom stereocenters. The van der Waals surface area contributed by atoms with Crippen LogP contribution in [0.25, 0.3) is 0 Å². The summed E-state index contributed by atoms with van der Waals surface area (Å²) in [6.07, 6.45) is 3.13. The third kappa shape index (κ3) is 10.6. The predicted molar refractivity (Wildman–Crippen MR) is 254 cm³/mol. The number of pyridine rings is 2. The molecule has 0 radical (unpaired) electrons. The van der Waals surface area contributed by atoms with Crippen LogP contribution < -0.4 is 21.3 Å². The standard InChI is InChI=1S/C54H56ClF5N6/c1-35-21-27-49(61-33-35)52(32-42-17-11-8-12-18-42,44-25-23-37(3)48(30-44)54(58,59)60)65-39(5)63-38(4)53(56,57)47-29-43(24-22-36(47)2)51(31-41-15-9-7-10-16-41,50-28-26-45(55)34-62-50)66-40(6)64-46-19-13-14-20-46/h7-12,15-18,21-30,33-34,38,46,63-66H,5-6,13-14,19-20,31-32H2,1-4H3/t38?,51-,52-/m1/s1. The van der Waals surface area contributed by atoms with Crippen molar-refractivity contribution in [2.45, 2.75) is 101 Å². The van der Waals surface area contributed by atoms with Gasteiger partial charge in [0.15, 0.2) is 0 Å². The van der Waals surface area contributed by atoms with Gasteiger partial charge in [-0.2, -0.15) is 22.0 Å². The first kappa shape index (κ1) is 47.8. The van der Waals surface area contributed by atoms with Gasteiger partial charge in [-0.3, -0.25) is 9.97 Å². The zero-order chi connectivity index (χ0) is 47.3. The van der Waals surface area contributed by atoms with Gasteiger partial charge in [-0.05, 0) is 110 Å². The van der Waals surface area contributed by atoms with E-state index in [2.05, 4.69) is 34.4 Å². The molecule has 1 saturated carbocycles. The Hall–Kier alpha value is -6.20. The minimum atomic E-state index is -4.66. The highest BCUT2D eigenvalue weighted by molar-refractivity contribution is 6.30. The summed E-state index contributed by atoms with van der Waals surface area (Å²) in [5.74, 6) is -3.03. The highest BCUT2D eigenvalue weighted by atomic mass is 35.5. The highest BCUT2D eigenvalue weighted by Gasteiger charge is 2.45. The maximum absolute atomic E-state index is 17.5. The molecule has 0 saturated heterocycles. The Morgan fingerprint density at radius 1 is 0.652 bits per heavy atom. The molecule has 0 bridgehead atoms. The number of alkyl halides is 5. The SMILES string of the molecule is C=C(NC1CCCC1)N[C@](Cc1ccccc1)(c1ccc(C)c(C(F)(F)C(C)NC(=C)N[C@](Cc2ccccc2)(c2ccc(C)c(C(F)(F)F)c2)c2ccc(C)cn2)c1)c1ccc(Cl)cn1. The first-order valence-electron chi connectivity index (χ1n) is 22.2. The van der Waals surface area contributed by atoms with Gasteiger partial charge in [-0.15, -0.1) is 0 Å². The van der Waals surface area contributed by atoms with Crippen LogP contribution in [-0.4, -0.2) is 22.1 Å². The van der Waals surface area contributed by atoms with Crippen LogP contribution in [0.4, 0.5) is 22.0 Å². The molecule has 2 heterocycles. The summed E-state index contributed by atoms with van der Waals surface area (Å²) < 4.78 is 78.7. The minimum Gasteiger partial charge on any atom is -0.370 e. The van der Waals surface area contributed by atoms with Crippen LogP contribution in [0.3, 0.4) is 0 Å². The van der Waals surface area contributed by atoms with Gasteiger partial charge in [-0.25, -0.2) is 0 Å². The second-order valence-corrected chi connectivity index (χ2v) is 18.0. The Bertz CT molecular complexity index is 2620. The monoisotopic (exact) mass is 918 g/mol. The first-order valence-corrected chi connectivity index (χ1v) is 22.6. The lowest BCUT2D eigenvalue weighted by atomic mass is 9.78. The number of aromatic nitrogens is 2. The van der Waals surface area contributed by atoms with Crippen molar-refractivity contribution < 1.29 is 22.0 Å². The molecular weight excluding hydrogens is 863 g/mol. The number of aryl methyl sites for hydroxylation is 3. The van der Waals surface area contributed by atoms with E-state index in [-0.39, 0.29) is 35.0 Å². The van der Waals surface area contributed by atoms with Crippen LogP contribution in [0.15, 0.2) is 159 Å². The van der Waals surface area contributed by atoms with E-state index in [9.17, 15) is 13.2 Å². The Balaban J connectivity index is 1.29. The summed E-state index contributed by atoms with van der Waals surface area (Å²) in [5.41, 5.74) is 0.852. The van der Waals surface area contributed by atoms with E-state index in [0.717, 1.165) is 48.4 Å². The molecule has 1 fully saturated rings. The summed E-state index contributed by atoms with van der Waals surface area (Å²) in [6.45, 7) is 14.8. The average molecular weight is 920 g/mol. The van der Waals surface area contributed by atoms with Crippen molar-refractivity contribution in [3.8, 4) is 0 Å². The molecule has 3 atom stereocenters. The lowest BCUT2D eigenvalue weighted by Crippen LogP contribution is -2.51.